The van der Waals surface area contributed by atoms with E-state index in [4.69, 9.17) is 0 Å². The van der Waals surface area contributed by atoms with Gasteiger partial charge < -0.3 is 4.90 Å². The molecule has 6 heteroatoms. The Balaban J connectivity index is 1.29. The highest BCUT2D eigenvalue weighted by atomic mass is 16.2. The van der Waals surface area contributed by atoms with Gasteiger partial charge in [0.25, 0.3) is 0 Å². The van der Waals surface area contributed by atoms with Crippen LogP contribution in [0.15, 0.2) is 29.4 Å². The number of rotatable bonds is 5. The highest BCUT2D eigenvalue weighted by Gasteiger charge is 2.42. The van der Waals surface area contributed by atoms with Crippen molar-refractivity contribution in [2.24, 2.45) is 10.5 Å². The molecular formula is C23H32N4O2. The molecule has 1 spiro atoms. The van der Waals surface area contributed by atoms with Gasteiger partial charge in [-0.15, -0.1) is 0 Å². The Hall–Kier alpha value is -2.21. The minimum atomic E-state index is -0.0333. The average molecular weight is 397 g/mol. The number of aryl methyl sites for hydroxylation is 1. The van der Waals surface area contributed by atoms with Gasteiger partial charge in [-0.3, -0.25) is 14.5 Å². The summed E-state index contributed by atoms with van der Waals surface area (Å²) in [6.45, 7) is 7.15. The molecule has 0 aliphatic carbocycles. The van der Waals surface area contributed by atoms with Crippen LogP contribution in [0.25, 0.3) is 0 Å². The van der Waals surface area contributed by atoms with Gasteiger partial charge in [0, 0.05) is 50.1 Å². The van der Waals surface area contributed by atoms with Crippen LogP contribution in [0.5, 0.6) is 0 Å². The van der Waals surface area contributed by atoms with E-state index < -0.39 is 0 Å². The Morgan fingerprint density at radius 1 is 1.21 bits per heavy atom. The van der Waals surface area contributed by atoms with Gasteiger partial charge in [0.2, 0.25) is 11.8 Å². The van der Waals surface area contributed by atoms with Crippen molar-refractivity contribution in [1.29, 1.82) is 0 Å². The van der Waals surface area contributed by atoms with Crippen LogP contribution in [0.4, 0.5) is 0 Å². The number of carbonyl (C=O) groups excluding carboxylic acids is 2. The van der Waals surface area contributed by atoms with Crippen LogP contribution in [0.2, 0.25) is 0 Å². The molecule has 2 amide bonds. The van der Waals surface area contributed by atoms with Gasteiger partial charge in [0.15, 0.2) is 0 Å². The molecule has 0 saturated carbocycles. The van der Waals surface area contributed by atoms with Crippen LogP contribution >= 0.6 is 0 Å². The molecule has 3 aliphatic rings. The zero-order valence-corrected chi connectivity index (χ0v) is 17.5. The molecule has 4 rings (SSSR count). The molecule has 1 aromatic rings. The number of benzene rings is 1. The van der Waals surface area contributed by atoms with Gasteiger partial charge in [0.05, 0.1) is 0 Å². The fourth-order valence-electron chi connectivity index (χ4n) is 5.10. The molecule has 1 N–H and O–H groups in total. The molecule has 0 aromatic heterocycles. The van der Waals surface area contributed by atoms with Gasteiger partial charge in [-0.05, 0) is 51.1 Å². The lowest BCUT2D eigenvalue weighted by atomic mass is 9.79. The number of nitrogens with one attached hydrogen (secondary N) is 1. The van der Waals surface area contributed by atoms with Crippen molar-refractivity contribution in [3.8, 4) is 0 Å². The first kappa shape index (κ1) is 20.1. The van der Waals surface area contributed by atoms with E-state index in [1.807, 2.05) is 0 Å². The Morgan fingerprint density at radius 3 is 2.90 bits per heavy atom. The predicted molar refractivity (Wildman–Crippen MR) is 113 cm³/mol. The summed E-state index contributed by atoms with van der Waals surface area (Å²) in [4.78, 5) is 28.6. The minimum Gasteiger partial charge on any atom is -0.342 e. The third-order valence-electron chi connectivity index (χ3n) is 6.63. The first-order valence-corrected chi connectivity index (χ1v) is 10.9. The van der Waals surface area contributed by atoms with Crippen LogP contribution in [0.3, 0.4) is 0 Å². The monoisotopic (exact) mass is 396 g/mol. The summed E-state index contributed by atoms with van der Waals surface area (Å²) in [5.41, 5.74) is 6.41. The molecule has 2 saturated heterocycles. The SMILES string of the molecule is Cc1cccc(CN2CCC[C@@]3(CCN(C(=O)CCC4=NNC(=O)CC4)C3)C2)c1. The molecule has 1 aromatic carbocycles. The van der Waals surface area contributed by atoms with Crippen molar-refractivity contribution in [3.05, 3.63) is 35.4 Å². The predicted octanol–water partition coefficient (Wildman–Crippen LogP) is 2.86. The van der Waals surface area contributed by atoms with Gasteiger partial charge >= 0.3 is 0 Å². The number of likely N-dealkylation sites (tertiary alicyclic amines) is 2. The second-order valence-electron chi connectivity index (χ2n) is 9.08. The lowest BCUT2D eigenvalue weighted by Crippen LogP contribution is -2.45. The zero-order valence-electron chi connectivity index (χ0n) is 17.5. The van der Waals surface area contributed by atoms with Gasteiger partial charge in [-0.25, -0.2) is 5.43 Å². The first-order valence-electron chi connectivity index (χ1n) is 10.9. The summed E-state index contributed by atoms with van der Waals surface area (Å²) >= 11 is 0. The van der Waals surface area contributed by atoms with E-state index in [2.05, 4.69) is 51.5 Å². The Bertz CT molecular complexity index is 806. The Kier molecular flexibility index (Phi) is 5.99. The minimum absolute atomic E-state index is 0.0333. The standard InChI is InChI=1S/C23H32N4O2/c1-18-4-2-5-19(14-18)15-26-12-3-10-23(16-26)11-13-27(17-23)22(29)9-7-20-6-8-21(28)25-24-20/h2,4-5,14H,3,6-13,15-17H2,1H3,(H,25,28)/t23-/m1/s1. The third kappa shape index (κ3) is 5.04. The second kappa shape index (κ2) is 8.66. The molecule has 1 atom stereocenters. The number of hydrogen-bond acceptors (Lipinski definition) is 4. The molecule has 0 unspecified atom stereocenters. The molecule has 6 nitrogen and oxygen atoms in total. The number of hydrazone groups is 1. The molecule has 29 heavy (non-hydrogen) atoms. The largest absolute Gasteiger partial charge is 0.342 e. The summed E-state index contributed by atoms with van der Waals surface area (Å²) in [5, 5.41) is 4.09. The summed E-state index contributed by atoms with van der Waals surface area (Å²) in [6, 6.07) is 8.79. The second-order valence-corrected chi connectivity index (χ2v) is 9.08. The number of piperidine rings is 1. The molecular weight excluding hydrogens is 364 g/mol. The maximum absolute atomic E-state index is 12.8. The van der Waals surface area contributed by atoms with Crippen molar-refractivity contribution < 1.29 is 9.59 Å². The van der Waals surface area contributed by atoms with E-state index >= 15 is 0 Å². The van der Waals surface area contributed by atoms with Crippen molar-refractivity contribution in [1.82, 2.24) is 15.2 Å². The molecule has 0 radical (unpaired) electrons. The van der Waals surface area contributed by atoms with E-state index in [0.29, 0.717) is 25.7 Å². The van der Waals surface area contributed by atoms with Gasteiger partial charge in [-0.2, -0.15) is 5.10 Å². The topological polar surface area (TPSA) is 65.0 Å². The van der Waals surface area contributed by atoms with Crippen molar-refractivity contribution in [2.75, 3.05) is 26.2 Å². The number of amides is 2. The lowest BCUT2D eigenvalue weighted by Gasteiger charge is -2.40. The molecule has 2 fully saturated rings. The maximum atomic E-state index is 12.8. The van der Waals surface area contributed by atoms with Gasteiger partial charge in [0.1, 0.15) is 0 Å². The van der Waals surface area contributed by atoms with Crippen LogP contribution in [-0.2, 0) is 16.1 Å². The highest BCUT2D eigenvalue weighted by Crippen LogP contribution is 2.39. The van der Waals surface area contributed by atoms with E-state index in [1.54, 1.807) is 0 Å². The van der Waals surface area contributed by atoms with Crippen LogP contribution < -0.4 is 5.43 Å². The van der Waals surface area contributed by atoms with E-state index in [0.717, 1.165) is 44.9 Å². The Labute approximate surface area is 173 Å². The lowest BCUT2D eigenvalue weighted by molar-refractivity contribution is -0.130. The fraction of sp³-hybridized carbons (Fsp3) is 0.609. The van der Waals surface area contributed by atoms with Gasteiger partial charge in [-0.1, -0.05) is 29.8 Å². The fourth-order valence-corrected chi connectivity index (χ4v) is 5.10. The number of hydrogen-bond donors (Lipinski definition) is 1. The van der Waals surface area contributed by atoms with Crippen molar-refractivity contribution >= 4 is 17.5 Å². The van der Waals surface area contributed by atoms with E-state index in [-0.39, 0.29) is 17.2 Å². The van der Waals surface area contributed by atoms with E-state index in [1.165, 1.54) is 24.0 Å². The Morgan fingerprint density at radius 2 is 2.10 bits per heavy atom. The highest BCUT2D eigenvalue weighted by molar-refractivity contribution is 5.94. The normalized spacial score (nSPS) is 25.2. The molecule has 0 bridgehead atoms. The number of carbonyl (C=O) groups is 2. The number of nitrogens with zero attached hydrogens (tertiary/aromatic N) is 3. The van der Waals surface area contributed by atoms with Crippen LogP contribution in [0, 0.1) is 12.3 Å². The van der Waals surface area contributed by atoms with Crippen molar-refractivity contribution in [2.45, 2.75) is 58.4 Å². The zero-order chi connectivity index (χ0) is 20.3. The summed E-state index contributed by atoms with van der Waals surface area (Å²) in [7, 11) is 0. The summed E-state index contributed by atoms with van der Waals surface area (Å²) in [6.07, 6.45) is 5.86. The summed E-state index contributed by atoms with van der Waals surface area (Å²) in [5.74, 6) is 0.200. The smallest absolute Gasteiger partial charge is 0.240 e. The quantitative estimate of drug-likeness (QED) is 0.832. The summed E-state index contributed by atoms with van der Waals surface area (Å²) < 4.78 is 0. The molecule has 3 heterocycles. The maximum Gasteiger partial charge on any atom is 0.240 e. The average Bonchev–Trinajstić information content (AvgIpc) is 3.10. The first-order chi connectivity index (χ1) is 14.0. The van der Waals surface area contributed by atoms with Crippen LogP contribution in [0.1, 0.15) is 56.1 Å². The van der Waals surface area contributed by atoms with E-state index in [9.17, 15) is 9.59 Å². The third-order valence-corrected chi connectivity index (χ3v) is 6.63. The molecule has 156 valence electrons. The molecule has 3 aliphatic heterocycles. The van der Waals surface area contributed by atoms with Crippen LogP contribution in [-0.4, -0.2) is 53.5 Å². The van der Waals surface area contributed by atoms with Crippen molar-refractivity contribution in [3.63, 3.8) is 0 Å².